The quantitative estimate of drug-likeness (QED) is 0.682. The highest BCUT2D eigenvalue weighted by Gasteiger charge is 2.44. The van der Waals surface area contributed by atoms with E-state index in [2.05, 4.69) is 0 Å². The van der Waals surface area contributed by atoms with Crippen molar-refractivity contribution in [3.63, 3.8) is 0 Å². The second-order valence-corrected chi connectivity index (χ2v) is 6.48. The molecule has 0 spiro atoms. The molecule has 0 aliphatic carbocycles. The standard InChI is InChI=1S/C10H20N2O5S/c1-3-4-5-11(2)18(16,17)12-7-8(13)6-9(12)10(14)15/h8-9,13H,3-7H2,1-2H3,(H,14,15)/t8-,9-/m1/s1. The molecule has 0 radical (unpaired) electrons. The number of aliphatic carboxylic acids is 1. The SMILES string of the molecule is CCCCN(C)S(=O)(=O)N1C[C@H](O)C[C@@H]1C(=O)O. The van der Waals surface area contributed by atoms with Gasteiger partial charge in [0.1, 0.15) is 6.04 Å². The molecule has 1 aliphatic heterocycles. The second kappa shape index (κ2) is 5.96. The van der Waals surface area contributed by atoms with Crippen molar-refractivity contribution in [3.8, 4) is 0 Å². The van der Waals surface area contributed by atoms with Crippen molar-refractivity contribution in [3.05, 3.63) is 0 Å². The molecule has 0 aromatic rings. The average molecular weight is 280 g/mol. The predicted octanol–water partition coefficient (Wildman–Crippen LogP) is -0.517. The van der Waals surface area contributed by atoms with E-state index in [1.807, 2.05) is 6.92 Å². The molecule has 18 heavy (non-hydrogen) atoms. The van der Waals surface area contributed by atoms with Crippen molar-refractivity contribution in [2.24, 2.45) is 0 Å². The van der Waals surface area contributed by atoms with E-state index in [-0.39, 0.29) is 13.0 Å². The minimum Gasteiger partial charge on any atom is -0.480 e. The lowest BCUT2D eigenvalue weighted by atomic mass is 10.2. The van der Waals surface area contributed by atoms with Gasteiger partial charge in [0.05, 0.1) is 6.10 Å². The zero-order valence-corrected chi connectivity index (χ0v) is 11.4. The van der Waals surface area contributed by atoms with Crippen LogP contribution < -0.4 is 0 Å². The summed E-state index contributed by atoms with van der Waals surface area (Å²) in [6.07, 6.45) is 0.589. The van der Waals surface area contributed by atoms with Gasteiger partial charge in [-0.1, -0.05) is 13.3 Å². The van der Waals surface area contributed by atoms with E-state index < -0.39 is 28.3 Å². The number of rotatable bonds is 6. The van der Waals surface area contributed by atoms with E-state index in [0.717, 1.165) is 15.0 Å². The Morgan fingerprint density at radius 1 is 1.50 bits per heavy atom. The van der Waals surface area contributed by atoms with Gasteiger partial charge in [0.25, 0.3) is 10.2 Å². The monoisotopic (exact) mass is 280 g/mol. The van der Waals surface area contributed by atoms with Crippen molar-refractivity contribution in [1.82, 2.24) is 8.61 Å². The summed E-state index contributed by atoms with van der Waals surface area (Å²) in [5.41, 5.74) is 0. The fraction of sp³-hybridized carbons (Fsp3) is 0.900. The molecule has 1 aliphatic rings. The first-order valence-electron chi connectivity index (χ1n) is 5.94. The average Bonchev–Trinajstić information content (AvgIpc) is 2.68. The summed E-state index contributed by atoms with van der Waals surface area (Å²) in [7, 11) is -2.39. The molecule has 1 fully saturated rings. The number of aliphatic hydroxyl groups is 1. The highest BCUT2D eigenvalue weighted by molar-refractivity contribution is 7.86. The van der Waals surface area contributed by atoms with Crippen molar-refractivity contribution < 1.29 is 23.4 Å². The van der Waals surface area contributed by atoms with Gasteiger partial charge in [-0.25, -0.2) is 0 Å². The Hall–Kier alpha value is -0.700. The molecule has 2 N–H and O–H groups in total. The van der Waals surface area contributed by atoms with Gasteiger partial charge in [0, 0.05) is 26.6 Å². The third-order valence-corrected chi connectivity index (χ3v) is 5.00. The highest BCUT2D eigenvalue weighted by Crippen LogP contribution is 2.23. The van der Waals surface area contributed by atoms with Crippen molar-refractivity contribution >= 4 is 16.2 Å². The fourth-order valence-corrected chi connectivity index (χ4v) is 3.52. The van der Waals surface area contributed by atoms with E-state index in [1.54, 1.807) is 0 Å². The van der Waals surface area contributed by atoms with Crippen LogP contribution in [-0.2, 0) is 15.0 Å². The van der Waals surface area contributed by atoms with Crippen molar-refractivity contribution in [2.75, 3.05) is 20.1 Å². The van der Waals surface area contributed by atoms with Crippen LogP contribution in [0.3, 0.4) is 0 Å². The van der Waals surface area contributed by atoms with E-state index in [1.165, 1.54) is 7.05 Å². The zero-order valence-electron chi connectivity index (χ0n) is 10.6. The normalized spacial score (nSPS) is 25.8. The van der Waals surface area contributed by atoms with Gasteiger partial charge in [0.2, 0.25) is 0 Å². The van der Waals surface area contributed by atoms with Gasteiger partial charge in [-0.3, -0.25) is 4.79 Å². The number of aliphatic hydroxyl groups excluding tert-OH is 1. The molecule has 0 aromatic heterocycles. The summed E-state index contributed by atoms with van der Waals surface area (Å²) in [5.74, 6) is -1.22. The number of nitrogens with zero attached hydrogens (tertiary/aromatic N) is 2. The van der Waals surface area contributed by atoms with Crippen LogP contribution in [0.15, 0.2) is 0 Å². The first-order valence-corrected chi connectivity index (χ1v) is 7.34. The fourth-order valence-electron chi connectivity index (χ4n) is 1.94. The molecule has 0 amide bonds. The molecule has 106 valence electrons. The lowest BCUT2D eigenvalue weighted by Crippen LogP contribution is -2.47. The molecule has 2 atom stereocenters. The molecule has 0 unspecified atom stereocenters. The third-order valence-electron chi connectivity index (χ3n) is 3.04. The second-order valence-electron chi connectivity index (χ2n) is 4.50. The van der Waals surface area contributed by atoms with Crippen molar-refractivity contribution in [2.45, 2.75) is 38.3 Å². The number of carbonyl (C=O) groups is 1. The Morgan fingerprint density at radius 2 is 2.11 bits per heavy atom. The van der Waals surface area contributed by atoms with E-state index in [0.29, 0.717) is 13.0 Å². The number of hydrogen-bond acceptors (Lipinski definition) is 4. The maximum absolute atomic E-state index is 12.2. The van der Waals surface area contributed by atoms with Gasteiger partial charge in [-0.2, -0.15) is 17.0 Å². The van der Waals surface area contributed by atoms with Gasteiger partial charge >= 0.3 is 5.97 Å². The summed E-state index contributed by atoms with van der Waals surface area (Å²) in [4.78, 5) is 11.0. The molecular weight excluding hydrogens is 260 g/mol. The summed E-state index contributed by atoms with van der Waals surface area (Å²) >= 11 is 0. The van der Waals surface area contributed by atoms with E-state index >= 15 is 0 Å². The Balaban J connectivity index is 2.86. The topological polar surface area (TPSA) is 98.2 Å². The summed E-state index contributed by atoms with van der Waals surface area (Å²) < 4.78 is 26.4. The largest absolute Gasteiger partial charge is 0.480 e. The van der Waals surface area contributed by atoms with E-state index in [9.17, 15) is 18.3 Å². The molecule has 0 bridgehead atoms. The first-order chi connectivity index (χ1) is 8.30. The molecular formula is C10H20N2O5S. The number of β-amino-alcohol motifs (C(OH)–C–C–N with tert-alkyl or cyclic N) is 1. The predicted molar refractivity (Wildman–Crippen MR) is 65.2 cm³/mol. The Morgan fingerprint density at radius 3 is 2.61 bits per heavy atom. The summed E-state index contributed by atoms with van der Waals surface area (Å²) in [6.45, 7) is 2.13. The number of carboxylic acid groups (broad SMARTS) is 1. The molecule has 7 nitrogen and oxygen atoms in total. The van der Waals surface area contributed by atoms with Crippen LogP contribution in [0.1, 0.15) is 26.2 Å². The van der Waals surface area contributed by atoms with E-state index in [4.69, 9.17) is 5.11 Å². The highest BCUT2D eigenvalue weighted by atomic mass is 32.2. The zero-order chi connectivity index (χ0) is 13.9. The van der Waals surface area contributed by atoms with Gasteiger partial charge < -0.3 is 10.2 Å². The molecule has 0 saturated carbocycles. The maximum Gasteiger partial charge on any atom is 0.322 e. The van der Waals surface area contributed by atoms with Crippen LogP contribution in [-0.4, -0.2) is 65.5 Å². The van der Waals surface area contributed by atoms with Gasteiger partial charge in [-0.05, 0) is 6.42 Å². The Bertz CT molecular complexity index is 397. The number of unbranched alkanes of at least 4 members (excludes halogenated alkanes) is 1. The van der Waals surface area contributed by atoms with Gasteiger partial charge in [0.15, 0.2) is 0 Å². The molecule has 1 heterocycles. The Labute approximate surface area is 107 Å². The van der Waals surface area contributed by atoms with Crippen LogP contribution in [0.2, 0.25) is 0 Å². The smallest absolute Gasteiger partial charge is 0.322 e. The summed E-state index contributed by atoms with van der Waals surface area (Å²) in [6, 6.07) is -1.17. The van der Waals surface area contributed by atoms with Crippen LogP contribution in [0.5, 0.6) is 0 Å². The Kier molecular flexibility index (Phi) is 5.09. The molecule has 1 rings (SSSR count). The molecule has 0 aromatic carbocycles. The lowest BCUT2D eigenvalue weighted by molar-refractivity contribution is -0.140. The summed E-state index contributed by atoms with van der Waals surface area (Å²) in [5, 5.41) is 18.4. The minimum absolute atomic E-state index is 0.0593. The van der Waals surface area contributed by atoms with Crippen LogP contribution in [0.4, 0.5) is 0 Å². The lowest BCUT2D eigenvalue weighted by Gasteiger charge is -2.26. The molecule has 8 heteroatoms. The minimum atomic E-state index is -3.81. The number of hydrogen-bond donors (Lipinski definition) is 2. The number of carboxylic acids is 1. The van der Waals surface area contributed by atoms with Crippen LogP contribution in [0, 0.1) is 0 Å². The van der Waals surface area contributed by atoms with Crippen molar-refractivity contribution in [1.29, 1.82) is 0 Å². The maximum atomic E-state index is 12.2. The van der Waals surface area contributed by atoms with Crippen LogP contribution >= 0.6 is 0 Å². The van der Waals surface area contributed by atoms with Gasteiger partial charge in [-0.15, -0.1) is 0 Å². The first kappa shape index (κ1) is 15.4. The van der Waals surface area contributed by atoms with Crippen LogP contribution in [0.25, 0.3) is 0 Å². The third kappa shape index (κ3) is 3.19. The molecule has 1 saturated heterocycles.